The molecule has 2 rings (SSSR count). The molecule has 1 aromatic rings. The van der Waals surface area contributed by atoms with Gasteiger partial charge in [-0.05, 0) is 30.1 Å². The molecule has 0 atom stereocenters. The van der Waals surface area contributed by atoms with E-state index in [9.17, 15) is 0 Å². The molecule has 0 spiro atoms. The quantitative estimate of drug-likeness (QED) is 0.686. The third-order valence-electron chi connectivity index (χ3n) is 1.67. The largest absolute Gasteiger partial charge is 0.383 e. The lowest BCUT2D eigenvalue weighted by atomic mass is 10.3. The predicted molar refractivity (Wildman–Crippen MR) is 56.5 cm³/mol. The highest BCUT2D eigenvalue weighted by Gasteiger charge is 2.06. The summed E-state index contributed by atoms with van der Waals surface area (Å²) in [5.41, 5.74) is 1.22. The minimum Gasteiger partial charge on any atom is -0.383 e. The minimum atomic E-state index is 0.988. The van der Waals surface area contributed by atoms with Crippen LogP contribution in [-0.4, -0.2) is 13.1 Å². The van der Waals surface area contributed by atoms with Crippen molar-refractivity contribution in [1.82, 2.24) is 4.72 Å². The van der Waals surface area contributed by atoms with Gasteiger partial charge >= 0.3 is 0 Å². The zero-order chi connectivity index (χ0) is 8.39. The maximum atomic E-state index is 3.45. The Morgan fingerprint density at radius 2 is 2.25 bits per heavy atom. The molecule has 1 heterocycles. The van der Waals surface area contributed by atoms with Crippen molar-refractivity contribution in [2.45, 2.75) is 4.90 Å². The van der Waals surface area contributed by atoms with E-state index in [-0.39, 0.29) is 0 Å². The molecule has 0 amide bonds. The third-order valence-corrected chi connectivity index (χ3v) is 3.07. The SMILES string of the molecule is Brc1ccc2c(c1)SNCCN2. The van der Waals surface area contributed by atoms with Crippen LogP contribution in [0.4, 0.5) is 5.69 Å². The molecule has 2 N–H and O–H groups in total. The summed E-state index contributed by atoms with van der Waals surface area (Å²) in [5, 5.41) is 3.35. The van der Waals surface area contributed by atoms with Gasteiger partial charge in [-0.2, -0.15) is 0 Å². The Labute approximate surface area is 84.4 Å². The molecule has 0 aromatic heterocycles. The summed E-state index contributed by atoms with van der Waals surface area (Å²) < 4.78 is 4.39. The first kappa shape index (κ1) is 8.41. The molecule has 12 heavy (non-hydrogen) atoms. The van der Waals surface area contributed by atoms with Crippen molar-refractivity contribution in [3.05, 3.63) is 22.7 Å². The van der Waals surface area contributed by atoms with Crippen molar-refractivity contribution in [3.63, 3.8) is 0 Å². The van der Waals surface area contributed by atoms with Gasteiger partial charge in [-0.3, -0.25) is 4.72 Å². The maximum Gasteiger partial charge on any atom is 0.0492 e. The molecule has 0 bridgehead atoms. The van der Waals surface area contributed by atoms with Gasteiger partial charge in [0, 0.05) is 28.1 Å². The lowest BCUT2D eigenvalue weighted by Crippen LogP contribution is -2.12. The van der Waals surface area contributed by atoms with Crippen LogP contribution in [0.25, 0.3) is 0 Å². The van der Waals surface area contributed by atoms with Gasteiger partial charge in [0.05, 0.1) is 0 Å². The average Bonchev–Trinajstić information content (AvgIpc) is 2.28. The predicted octanol–water partition coefficient (Wildman–Crippen LogP) is 2.47. The fourth-order valence-electron chi connectivity index (χ4n) is 1.10. The summed E-state index contributed by atoms with van der Waals surface area (Å²) in [6.07, 6.45) is 0. The fourth-order valence-corrected chi connectivity index (χ4v) is 2.41. The normalized spacial score (nSPS) is 16.1. The van der Waals surface area contributed by atoms with Crippen molar-refractivity contribution in [2.24, 2.45) is 0 Å². The second-order valence-electron chi connectivity index (χ2n) is 2.56. The van der Waals surface area contributed by atoms with Gasteiger partial charge in [0.15, 0.2) is 0 Å². The maximum absolute atomic E-state index is 3.45. The minimum absolute atomic E-state index is 0.988. The van der Waals surface area contributed by atoms with Gasteiger partial charge < -0.3 is 5.32 Å². The first-order valence-corrected chi connectivity index (χ1v) is 5.40. The third kappa shape index (κ3) is 1.76. The zero-order valence-corrected chi connectivity index (χ0v) is 8.83. The van der Waals surface area contributed by atoms with Gasteiger partial charge in [0.25, 0.3) is 0 Å². The van der Waals surface area contributed by atoms with Crippen LogP contribution in [0, 0.1) is 0 Å². The average molecular weight is 245 g/mol. The highest BCUT2D eigenvalue weighted by molar-refractivity contribution is 9.10. The molecule has 1 aliphatic heterocycles. The van der Waals surface area contributed by atoms with Gasteiger partial charge in [-0.15, -0.1) is 0 Å². The molecule has 0 unspecified atom stereocenters. The number of anilines is 1. The van der Waals surface area contributed by atoms with Crippen LogP contribution in [0.5, 0.6) is 0 Å². The first-order chi connectivity index (χ1) is 5.86. The van der Waals surface area contributed by atoms with Crippen LogP contribution in [-0.2, 0) is 0 Å². The highest BCUT2D eigenvalue weighted by Crippen LogP contribution is 2.29. The Morgan fingerprint density at radius 1 is 1.33 bits per heavy atom. The van der Waals surface area contributed by atoms with Crippen LogP contribution >= 0.6 is 27.9 Å². The lowest BCUT2D eigenvalue weighted by molar-refractivity contribution is 0.966. The molecule has 1 aliphatic rings. The molecule has 2 nitrogen and oxygen atoms in total. The summed E-state index contributed by atoms with van der Waals surface area (Å²) in [6, 6.07) is 6.27. The Balaban J connectivity index is 2.36. The Bertz CT molecular complexity index is 290. The molecule has 0 saturated heterocycles. The second-order valence-corrected chi connectivity index (χ2v) is 4.41. The second kappa shape index (κ2) is 3.68. The van der Waals surface area contributed by atoms with Gasteiger partial charge in [-0.1, -0.05) is 15.9 Å². The fraction of sp³-hybridized carbons (Fsp3) is 0.250. The lowest BCUT2D eigenvalue weighted by Gasteiger charge is -2.05. The summed E-state index contributed by atoms with van der Waals surface area (Å²) in [6.45, 7) is 1.98. The summed E-state index contributed by atoms with van der Waals surface area (Å²) in [5.74, 6) is 0. The molecule has 64 valence electrons. The number of hydrogen-bond acceptors (Lipinski definition) is 3. The topological polar surface area (TPSA) is 24.1 Å². The Morgan fingerprint density at radius 3 is 3.17 bits per heavy atom. The standard InChI is InChI=1S/C8H9BrN2S/c9-6-1-2-7-8(5-6)12-11-4-3-10-7/h1-2,5,10-11H,3-4H2. The van der Waals surface area contributed by atoms with E-state index < -0.39 is 0 Å². The van der Waals surface area contributed by atoms with Gasteiger partial charge in [-0.25, -0.2) is 0 Å². The van der Waals surface area contributed by atoms with E-state index in [1.807, 2.05) is 0 Å². The van der Waals surface area contributed by atoms with E-state index in [0.29, 0.717) is 0 Å². The summed E-state index contributed by atoms with van der Waals surface area (Å²) >= 11 is 5.13. The van der Waals surface area contributed by atoms with E-state index in [2.05, 4.69) is 44.2 Å². The van der Waals surface area contributed by atoms with Crippen molar-refractivity contribution in [3.8, 4) is 0 Å². The van der Waals surface area contributed by atoms with Gasteiger partial charge in [0.1, 0.15) is 0 Å². The highest BCUT2D eigenvalue weighted by atomic mass is 79.9. The molecule has 0 aliphatic carbocycles. The molecule has 0 radical (unpaired) electrons. The molecular weight excluding hydrogens is 236 g/mol. The number of nitrogens with one attached hydrogen (secondary N) is 2. The van der Waals surface area contributed by atoms with E-state index in [0.717, 1.165) is 17.6 Å². The number of halogens is 1. The van der Waals surface area contributed by atoms with Crippen LogP contribution in [0.1, 0.15) is 0 Å². The van der Waals surface area contributed by atoms with Crippen molar-refractivity contribution in [1.29, 1.82) is 0 Å². The van der Waals surface area contributed by atoms with Crippen molar-refractivity contribution >= 4 is 33.6 Å². The monoisotopic (exact) mass is 244 g/mol. The van der Waals surface area contributed by atoms with E-state index in [1.165, 1.54) is 10.6 Å². The number of fused-ring (bicyclic) bond motifs is 1. The summed E-state index contributed by atoms with van der Waals surface area (Å²) in [4.78, 5) is 1.25. The molecular formula is C8H9BrN2S. The van der Waals surface area contributed by atoms with Crippen LogP contribution in [0.15, 0.2) is 27.6 Å². The van der Waals surface area contributed by atoms with Crippen LogP contribution in [0.3, 0.4) is 0 Å². The molecule has 0 saturated carbocycles. The molecule has 4 heteroatoms. The first-order valence-electron chi connectivity index (χ1n) is 3.79. The molecule has 0 fully saturated rings. The Kier molecular flexibility index (Phi) is 2.58. The number of rotatable bonds is 0. The van der Waals surface area contributed by atoms with Crippen molar-refractivity contribution in [2.75, 3.05) is 18.4 Å². The number of benzene rings is 1. The van der Waals surface area contributed by atoms with Gasteiger partial charge in [0.2, 0.25) is 0 Å². The van der Waals surface area contributed by atoms with Crippen molar-refractivity contribution < 1.29 is 0 Å². The van der Waals surface area contributed by atoms with Crippen LogP contribution < -0.4 is 10.0 Å². The van der Waals surface area contributed by atoms with Crippen LogP contribution in [0.2, 0.25) is 0 Å². The molecule has 1 aromatic carbocycles. The Hall–Kier alpha value is -0.190. The smallest absolute Gasteiger partial charge is 0.0492 e. The summed E-state index contributed by atoms with van der Waals surface area (Å²) in [7, 11) is 0. The van der Waals surface area contributed by atoms with E-state index >= 15 is 0 Å². The number of hydrogen-bond donors (Lipinski definition) is 2. The van der Waals surface area contributed by atoms with E-state index in [4.69, 9.17) is 0 Å². The zero-order valence-electron chi connectivity index (χ0n) is 6.43. The van der Waals surface area contributed by atoms with E-state index in [1.54, 1.807) is 11.9 Å².